The highest BCUT2D eigenvalue weighted by molar-refractivity contribution is 5.99. The number of carbonyl (C=O) groups excluding carboxylic acids is 1. The molecule has 0 saturated carbocycles. The van der Waals surface area contributed by atoms with Crippen molar-refractivity contribution in [3.63, 3.8) is 0 Å². The van der Waals surface area contributed by atoms with Gasteiger partial charge in [-0.05, 0) is 11.5 Å². The van der Waals surface area contributed by atoms with Crippen LogP contribution in [0.5, 0.6) is 0 Å². The molecule has 0 fully saturated rings. The minimum atomic E-state index is -0.230. The van der Waals surface area contributed by atoms with Crippen LogP contribution in [0, 0.1) is 0 Å². The number of benzene rings is 1. The van der Waals surface area contributed by atoms with Gasteiger partial charge in [0, 0.05) is 30.2 Å². The number of imidazole rings is 1. The fraction of sp³-hybridized carbons (Fsp3) is 0.133. The number of amides is 1. The molecule has 0 radical (unpaired) electrons. The van der Waals surface area contributed by atoms with E-state index in [0.717, 1.165) is 16.5 Å². The van der Waals surface area contributed by atoms with Gasteiger partial charge in [0.15, 0.2) is 0 Å². The van der Waals surface area contributed by atoms with Crippen LogP contribution < -0.4 is 11.1 Å². The molecule has 0 aliphatic rings. The topological polar surface area (TPSA) is 96.7 Å². The number of rotatable bonds is 4. The molecule has 21 heavy (non-hydrogen) atoms. The van der Waals surface area contributed by atoms with Crippen molar-refractivity contribution in [1.29, 1.82) is 0 Å². The maximum absolute atomic E-state index is 12.1. The highest BCUT2D eigenvalue weighted by Crippen LogP contribution is 2.19. The first-order valence-corrected chi connectivity index (χ1v) is 6.65. The second-order valence-electron chi connectivity index (χ2n) is 4.70. The first kappa shape index (κ1) is 13.1. The lowest BCUT2D eigenvalue weighted by molar-refractivity contribution is 0.0949. The van der Waals surface area contributed by atoms with Gasteiger partial charge in [-0.2, -0.15) is 0 Å². The van der Waals surface area contributed by atoms with Crippen molar-refractivity contribution in [2.75, 3.05) is 12.3 Å². The fourth-order valence-electron chi connectivity index (χ4n) is 2.16. The van der Waals surface area contributed by atoms with Crippen molar-refractivity contribution in [3.05, 3.63) is 54.2 Å². The third-order valence-corrected chi connectivity index (χ3v) is 3.24. The number of nitrogens with two attached hydrogens (primary N) is 1. The Hall–Kier alpha value is -2.89. The van der Waals surface area contributed by atoms with E-state index in [1.807, 2.05) is 24.3 Å². The average molecular weight is 281 g/mol. The summed E-state index contributed by atoms with van der Waals surface area (Å²) in [6.07, 6.45) is 4.04. The van der Waals surface area contributed by atoms with Gasteiger partial charge in [-0.1, -0.05) is 24.3 Å². The zero-order valence-corrected chi connectivity index (χ0v) is 11.3. The number of anilines is 1. The summed E-state index contributed by atoms with van der Waals surface area (Å²) in [6, 6.07) is 9.34. The second-order valence-corrected chi connectivity index (χ2v) is 4.70. The van der Waals surface area contributed by atoms with Crippen LogP contribution in [0.2, 0.25) is 0 Å². The number of H-pyrrole nitrogens is 1. The molecular weight excluding hydrogens is 266 g/mol. The van der Waals surface area contributed by atoms with Crippen molar-refractivity contribution in [2.24, 2.45) is 0 Å². The highest BCUT2D eigenvalue weighted by Gasteiger charge is 2.10. The molecule has 1 amide bonds. The summed E-state index contributed by atoms with van der Waals surface area (Å²) in [4.78, 5) is 23.2. The zero-order valence-electron chi connectivity index (χ0n) is 11.3. The number of nitrogens with one attached hydrogen (secondary N) is 2. The smallest absolute Gasteiger partial charge is 0.270 e. The Morgan fingerprint density at radius 3 is 3.00 bits per heavy atom. The van der Waals surface area contributed by atoms with Crippen molar-refractivity contribution in [3.8, 4) is 0 Å². The van der Waals surface area contributed by atoms with Gasteiger partial charge >= 0.3 is 0 Å². The van der Waals surface area contributed by atoms with Crippen molar-refractivity contribution < 1.29 is 4.79 Å². The maximum atomic E-state index is 12.1. The minimum absolute atomic E-state index is 0.230. The number of nitrogen functional groups attached to an aromatic ring is 1. The van der Waals surface area contributed by atoms with Crippen LogP contribution in [0.1, 0.15) is 16.2 Å². The van der Waals surface area contributed by atoms with Gasteiger partial charge in [-0.15, -0.1) is 0 Å². The Kier molecular flexibility index (Phi) is 3.51. The van der Waals surface area contributed by atoms with E-state index in [1.165, 1.54) is 0 Å². The summed E-state index contributed by atoms with van der Waals surface area (Å²) in [5, 5.41) is 4.58. The zero-order chi connectivity index (χ0) is 14.7. The Morgan fingerprint density at radius 2 is 2.19 bits per heavy atom. The van der Waals surface area contributed by atoms with Gasteiger partial charge in [0.25, 0.3) is 5.91 Å². The molecule has 0 spiro atoms. The third kappa shape index (κ3) is 2.84. The monoisotopic (exact) mass is 281 g/mol. The summed E-state index contributed by atoms with van der Waals surface area (Å²) >= 11 is 0. The molecule has 3 aromatic rings. The molecular formula is C15H15N5O. The van der Waals surface area contributed by atoms with Crippen LogP contribution in [0.15, 0.2) is 42.9 Å². The number of hydrogen-bond acceptors (Lipinski definition) is 4. The highest BCUT2D eigenvalue weighted by atomic mass is 16.1. The van der Waals surface area contributed by atoms with E-state index in [9.17, 15) is 4.79 Å². The fourth-order valence-corrected chi connectivity index (χ4v) is 2.16. The van der Waals surface area contributed by atoms with Gasteiger partial charge in [-0.3, -0.25) is 4.79 Å². The van der Waals surface area contributed by atoms with Crippen LogP contribution in [0.3, 0.4) is 0 Å². The largest absolute Gasteiger partial charge is 0.383 e. The lowest BCUT2D eigenvalue weighted by Gasteiger charge is -2.07. The molecule has 1 aromatic carbocycles. The summed E-state index contributed by atoms with van der Waals surface area (Å²) in [5.74, 6) is 0.138. The van der Waals surface area contributed by atoms with Gasteiger partial charge in [-0.25, -0.2) is 9.97 Å². The van der Waals surface area contributed by atoms with Crippen molar-refractivity contribution >= 4 is 22.5 Å². The first-order chi connectivity index (χ1) is 10.2. The molecule has 4 N–H and O–H groups in total. The Balaban J connectivity index is 1.72. The summed E-state index contributed by atoms with van der Waals surface area (Å²) in [5.41, 5.74) is 7.20. The summed E-state index contributed by atoms with van der Waals surface area (Å²) in [6.45, 7) is 0.509. The molecule has 0 aliphatic carbocycles. The average Bonchev–Trinajstić information content (AvgIpc) is 3.00. The van der Waals surface area contributed by atoms with E-state index in [2.05, 4.69) is 20.3 Å². The molecule has 6 nitrogen and oxygen atoms in total. The number of hydrogen-bond donors (Lipinski definition) is 3. The predicted octanol–water partition coefficient (Wildman–Crippen LogP) is 1.51. The van der Waals surface area contributed by atoms with E-state index < -0.39 is 0 Å². The lowest BCUT2D eigenvalue weighted by atomic mass is 10.1. The van der Waals surface area contributed by atoms with Gasteiger partial charge < -0.3 is 16.0 Å². The van der Waals surface area contributed by atoms with E-state index in [4.69, 9.17) is 5.73 Å². The standard InChI is InChI=1S/C15H15N5O/c16-14-12-4-2-1-3-10(12)7-13(20-14)15(21)18-6-5-11-8-17-9-19-11/h1-4,7-9H,5-6H2,(H2,16,20)(H,17,19)(H,18,21). The molecule has 0 atom stereocenters. The molecule has 2 aromatic heterocycles. The van der Waals surface area contributed by atoms with E-state index in [1.54, 1.807) is 18.6 Å². The van der Waals surface area contributed by atoms with Gasteiger partial charge in [0.1, 0.15) is 11.5 Å². The SMILES string of the molecule is Nc1nc(C(=O)NCCc2cnc[nH]2)cc2ccccc12. The Bertz CT molecular complexity index is 767. The Morgan fingerprint density at radius 1 is 1.33 bits per heavy atom. The summed E-state index contributed by atoms with van der Waals surface area (Å²) in [7, 11) is 0. The Labute approximate surface area is 121 Å². The first-order valence-electron chi connectivity index (χ1n) is 6.65. The van der Waals surface area contributed by atoms with Crippen molar-refractivity contribution in [1.82, 2.24) is 20.3 Å². The number of aromatic amines is 1. The van der Waals surface area contributed by atoms with Crippen molar-refractivity contribution in [2.45, 2.75) is 6.42 Å². The van der Waals surface area contributed by atoms with Crippen LogP contribution in [-0.2, 0) is 6.42 Å². The van der Waals surface area contributed by atoms with Crippen LogP contribution in [0.25, 0.3) is 10.8 Å². The lowest BCUT2D eigenvalue weighted by Crippen LogP contribution is -2.26. The number of carbonyl (C=O) groups is 1. The molecule has 6 heteroatoms. The summed E-state index contributed by atoms with van der Waals surface area (Å²) < 4.78 is 0. The molecule has 0 aliphatic heterocycles. The predicted molar refractivity (Wildman–Crippen MR) is 80.8 cm³/mol. The number of pyridine rings is 1. The molecule has 0 unspecified atom stereocenters. The normalized spacial score (nSPS) is 10.7. The van der Waals surface area contributed by atoms with Gasteiger partial charge in [0.2, 0.25) is 0 Å². The van der Waals surface area contributed by atoms with Crippen LogP contribution in [-0.4, -0.2) is 27.4 Å². The van der Waals surface area contributed by atoms with Gasteiger partial charge in [0.05, 0.1) is 6.33 Å². The quantitative estimate of drug-likeness (QED) is 0.675. The number of fused-ring (bicyclic) bond motifs is 1. The van der Waals surface area contributed by atoms with E-state index in [0.29, 0.717) is 24.5 Å². The molecule has 0 bridgehead atoms. The molecule has 3 rings (SSSR count). The minimum Gasteiger partial charge on any atom is -0.383 e. The second kappa shape index (κ2) is 5.62. The van der Waals surface area contributed by atoms with E-state index >= 15 is 0 Å². The molecule has 2 heterocycles. The number of nitrogens with zero attached hydrogens (tertiary/aromatic N) is 2. The molecule has 106 valence electrons. The maximum Gasteiger partial charge on any atom is 0.270 e. The van der Waals surface area contributed by atoms with Crippen LogP contribution in [0.4, 0.5) is 5.82 Å². The molecule has 0 saturated heterocycles. The third-order valence-electron chi connectivity index (χ3n) is 3.24. The van der Waals surface area contributed by atoms with E-state index in [-0.39, 0.29) is 5.91 Å². The van der Waals surface area contributed by atoms with Crippen LogP contribution >= 0.6 is 0 Å². The number of aromatic nitrogens is 3.